The molecule has 0 aromatic heterocycles. The van der Waals surface area contributed by atoms with Crippen LogP contribution in [0.4, 0.5) is 0 Å². The molecule has 2 aromatic rings. The van der Waals surface area contributed by atoms with Crippen LogP contribution < -0.4 is 20.1 Å². The van der Waals surface area contributed by atoms with Crippen LogP contribution in [0.3, 0.4) is 0 Å². The molecule has 0 aliphatic carbocycles. The molecule has 0 radical (unpaired) electrons. The molecule has 2 N–H and O–H groups in total. The number of para-hydroxylation sites is 1. The summed E-state index contributed by atoms with van der Waals surface area (Å²) < 4.78 is 43.4. The van der Waals surface area contributed by atoms with Gasteiger partial charge in [0.15, 0.2) is 0 Å². The highest BCUT2D eigenvalue weighted by Crippen LogP contribution is 2.24. The molecule has 184 valence electrons. The summed E-state index contributed by atoms with van der Waals surface area (Å²) in [5.74, 6) is -0.436. The van der Waals surface area contributed by atoms with Crippen molar-refractivity contribution in [3.63, 3.8) is 0 Å². The second-order valence-electron chi connectivity index (χ2n) is 7.50. The molecule has 11 heteroatoms. The minimum absolute atomic E-state index is 0.0872. The Bertz CT molecular complexity index is 1090. The molecule has 1 saturated heterocycles. The first-order chi connectivity index (χ1) is 16.4. The number of sulfonamides is 1. The van der Waals surface area contributed by atoms with Crippen molar-refractivity contribution in [3.05, 3.63) is 54.1 Å². The highest BCUT2D eigenvalue weighted by molar-refractivity contribution is 7.89. The van der Waals surface area contributed by atoms with Gasteiger partial charge in [0, 0.05) is 13.1 Å². The SMILES string of the molecule is COc1ccc(S(=O)(=O)N2CCCOC2CNC(=O)C(=O)NCCc2ccccc2OC)cc1. The third kappa shape index (κ3) is 6.25. The minimum Gasteiger partial charge on any atom is -0.497 e. The lowest BCUT2D eigenvalue weighted by atomic mass is 10.1. The number of benzene rings is 2. The summed E-state index contributed by atoms with van der Waals surface area (Å²) in [5, 5.41) is 5.03. The van der Waals surface area contributed by atoms with Gasteiger partial charge in [-0.15, -0.1) is 0 Å². The maximum atomic E-state index is 13.1. The van der Waals surface area contributed by atoms with Gasteiger partial charge in [0.2, 0.25) is 10.0 Å². The van der Waals surface area contributed by atoms with Crippen LogP contribution in [0, 0.1) is 0 Å². The maximum Gasteiger partial charge on any atom is 0.309 e. The van der Waals surface area contributed by atoms with E-state index in [0.29, 0.717) is 30.9 Å². The zero-order valence-electron chi connectivity index (χ0n) is 19.2. The number of amides is 2. The number of rotatable bonds is 9. The van der Waals surface area contributed by atoms with E-state index < -0.39 is 28.1 Å². The summed E-state index contributed by atoms with van der Waals surface area (Å²) in [4.78, 5) is 24.5. The zero-order valence-corrected chi connectivity index (χ0v) is 20.0. The molecule has 0 saturated carbocycles. The topological polar surface area (TPSA) is 123 Å². The smallest absolute Gasteiger partial charge is 0.309 e. The number of hydrogen-bond donors (Lipinski definition) is 2. The van der Waals surface area contributed by atoms with Crippen molar-refractivity contribution in [1.29, 1.82) is 0 Å². The fraction of sp³-hybridized carbons (Fsp3) is 0.391. The normalized spacial score (nSPS) is 16.5. The van der Waals surface area contributed by atoms with E-state index in [4.69, 9.17) is 14.2 Å². The molecule has 2 amide bonds. The zero-order chi connectivity index (χ0) is 24.6. The van der Waals surface area contributed by atoms with Crippen LogP contribution in [0.15, 0.2) is 53.4 Å². The van der Waals surface area contributed by atoms with Gasteiger partial charge in [-0.2, -0.15) is 4.31 Å². The number of nitrogens with one attached hydrogen (secondary N) is 2. The Labute approximate surface area is 199 Å². The molecule has 34 heavy (non-hydrogen) atoms. The van der Waals surface area contributed by atoms with Crippen molar-refractivity contribution >= 4 is 21.8 Å². The second-order valence-corrected chi connectivity index (χ2v) is 9.39. The Hall–Kier alpha value is -3.15. The van der Waals surface area contributed by atoms with Crippen molar-refractivity contribution in [3.8, 4) is 11.5 Å². The molecule has 1 heterocycles. The molecule has 1 fully saturated rings. The summed E-state index contributed by atoms with van der Waals surface area (Å²) in [6.45, 7) is 0.666. The van der Waals surface area contributed by atoms with Crippen LogP contribution in [0.1, 0.15) is 12.0 Å². The average molecular weight is 492 g/mol. The molecule has 0 spiro atoms. The third-order valence-electron chi connectivity index (χ3n) is 5.34. The molecule has 1 unspecified atom stereocenters. The Morgan fingerprint density at radius 2 is 1.74 bits per heavy atom. The summed E-state index contributed by atoms with van der Waals surface area (Å²) in [6.07, 6.45) is 0.0810. The Balaban J connectivity index is 1.54. The quantitative estimate of drug-likeness (QED) is 0.500. The van der Waals surface area contributed by atoms with E-state index in [1.807, 2.05) is 24.3 Å². The predicted molar refractivity (Wildman–Crippen MR) is 124 cm³/mol. The molecule has 1 atom stereocenters. The number of hydrogen-bond acceptors (Lipinski definition) is 7. The summed E-state index contributed by atoms with van der Waals surface area (Å²) in [5.41, 5.74) is 0.903. The highest BCUT2D eigenvalue weighted by Gasteiger charge is 2.35. The number of ether oxygens (including phenoxy) is 3. The predicted octanol–water partition coefficient (Wildman–Crippen LogP) is 0.916. The van der Waals surface area contributed by atoms with Crippen molar-refractivity contribution < 1.29 is 32.2 Å². The molecule has 0 bridgehead atoms. The maximum absolute atomic E-state index is 13.1. The Morgan fingerprint density at radius 1 is 1.03 bits per heavy atom. The van der Waals surface area contributed by atoms with Gasteiger partial charge in [0.05, 0.1) is 32.3 Å². The van der Waals surface area contributed by atoms with Crippen molar-refractivity contribution in [2.75, 3.05) is 40.5 Å². The lowest BCUT2D eigenvalue weighted by Gasteiger charge is -2.34. The first-order valence-corrected chi connectivity index (χ1v) is 12.3. The van der Waals surface area contributed by atoms with Gasteiger partial charge in [-0.3, -0.25) is 9.59 Å². The Morgan fingerprint density at radius 3 is 2.44 bits per heavy atom. The van der Waals surface area contributed by atoms with E-state index in [1.54, 1.807) is 19.2 Å². The van der Waals surface area contributed by atoms with E-state index in [0.717, 1.165) is 5.56 Å². The van der Waals surface area contributed by atoms with E-state index >= 15 is 0 Å². The van der Waals surface area contributed by atoms with E-state index in [2.05, 4.69) is 10.6 Å². The lowest BCUT2D eigenvalue weighted by Crippen LogP contribution is -2.53. The van der Waals surface area contributed by atoms with E-state index in [1.165, 1.54) is 23.5 Å². The van der Waals surface area contributed by atoms with Gasteiger partial charge in [-0.25, -0.2) is 8.42 Å². The summed E-state index contributed by atoms with van der Waals surface area (Å²) in [7, 11) is -0.806. The molecular weight excluding hydrogens is 462 g/mol. The molecule has 3 rings (SSSR count). The highest BCUT2D eigenvalue weighted by atomic mass is 32.2. The monoisotopic (exact) mass is 491 g/mol. The van der Waals surface area contributed by atoms with E-state index in [9.17, 15) is 18.0 Å². The van der Waals surface area contributed by atoms with Crippen molar-refractivity contribution in [2.45, 2.75) is 24.0 Å². The first kappa shape index (κ1) is 25.5. The van der Waals surface area contributed by atoms with Crippen LogP contribution in [0.5, 0.6) is 11.5 Å². The number of nitrogens with zero attached hydrogens (tertiary/aromatic N) is 1. The molecular formula is C23H29N3O7S. The molecule has 1 aliphatic heterocycles. The van der Waals surface area contributed by atoms with Gasteiger partial charge in [0.25, 0.3) is 0 Å². The van der Waals surface area contributed by atoms with Gasteiger partial charge in [-0.05, 0) is 48.7 Å². The van der Waals surface area contributed by atoms with Crippen LogP contribution in [-0.2, 0) is 30.8 Å². The van der Waals surface area contributed by atoms with Crippen molar-refractivity contribution in [2.24, 2.45) is 0 Å². The van der Waals surface area contributed by atoms with Crippen molar-refractivity contribution in [1.82, 2.24) is 14.9 Å². The number of methoxy groups -OCH3 is 2. The molecule has 2 aromatic carbocycles. The Kier molecular flexibility index (Phi) is 8.85. The second kappa shape index (κ2) is 11.8. The molecule has 1 aliphatic rings. The van der Waals surface area contributed by atoms with Crippen LogP contribution in [0.2, 0.25) is 0 Å². The lowest BCUT2D eigenvalue weighted by molar-refractivity contribution is -0.140. The van der Waals surface area contributed by atoms with Gasteiger partial charge in [0.1, 0.15) is 17.7 Å². The molecule has 10 nitrogen and oxygen atoms in total. The van der Waals surface area contributed by atoms with Gasteiger partial charge in [-0.1, -0.05) is 18.2 Å². The fourth-order valence-electron chi connectivity index (χ4n) is 3.55. The number of carbonyl (C=O) groups is 2. The van der Waals surface area contributed by atoms with E-state index in [-0.39, 0.29) is 24.5 Å². The summed E-state index contributed by atoms with van der Waals surface area (Å²) in [6, 6.07) is 13.4. The van der Waals surface area contributed by atoms with Gasteiger partial charge >= 0.3 is 11.8 Å². The first-order valence-electron chi connectivity index (χ1n) is 10.8. The standard InChI is InChI=1S/C23H29N3O7S/c1-31-18-8-10-19(11-9-18)34(29,30)26-14-5-15-33-21(26)16-25-23(28)22(27)24-13-12-17-6-3-4-7-20(17)32-2/h3-4,6-11,21H,5,12-16H2,1-2H3,(H,24,27)(H,25,28). The largest absolute Gasteiger partial charge is 0.497 e. The van der Waals surface area contributed by atoms with Gasteiger partial charge < -0.3 is 24.8 Å². The minimum atomic E-state index is -3.87. The summed E-state index contributed by atoms with van der Waals surface area (Å²) >= 11 is 0. The number of carbonyl (C=O) groups excluding carboxylic acids is 2. The van der Waals surface area contributed by atoms with Crippen LogP contribution in [-0.4, -0.2) is 71.2 Å². The average Bonchev–Trinajstić information content (AvgIpc) is 2.87. The third-order valence-corrected chi connectivity index (χ3v) is 7.24. The fourth-order valence-corrected chi connectivity index (χ4v) is 5.11. The van der Waals surface area contributed by atoms with Crippen LogP contribution in [0.25, 0.3) is 0 Å². The van der Waals surface area contributed by atoms with Crippen LogP contribution >= 0.6 is 0 Å².